The smallest absolute Gasteiger partial charge is 0.269 e. The van der Waals surface area contributed by atoms with Gasteiger partial charge in [0.25, 0.3) is 5.91 Å². The number of nitrogen functional groups attached to an aromatic ring is 1. The molecule has 0 aliphatic carbocycles. The summed E-state index contributed by atoms with van der Waals surface area (Å²) in [5, 5.41) is 6.15. The van der Waals surface area contributed by atoms with Crippen LogP contribution in [0.4, 0.5) is 5.69 Å². The average Bonchev–Trinajstić information content (AvgIpc) is 2.83. The predicted octanol–water partition coefficient (Wildman–Crippen LogP) is 0.0193. The van der Waals surface area contributed by atoms with Gasteiger partial charge in [-0.25, -0.2) is 4.98 Å². The van der Waals surface area contributed by atoms with Crippen molar-refractivity contribution in [1.29, 1.82) is 0 Å². The molecule has 17 heavy (non-hydrogen) atoms. The highest BCUT2D eigenvalue weighted by Gasteiger charge is 2.06. The maximum absolute atomic E-state index is 11.6. The van der Waals surface area contributed by atoms with Crippen LogP contribution in [0.2, 0.25) is 0 Å². The number of nitrogens with one attached hydrogen (secondary N) is 1. The van der Waals surface area contributed by atoms with Gasteiger partial charge >= 0.3 is 0 Å². The van der Waals surface area contributed by atoms with E-state index < -0.39 is 0 Å². The zero-order valence-electron chi connectivity index (χ0n) is 8.96. The molecule has 7 nitrogen and oxygen atoms in total. The van der Waals surface area contributed by atoms with Crippen LogP contribution in [0.15, 0.2) is 29.2 Å². The lowest BCUT2D eigenvalue weighted by Crippen LogP contribution is -2.26. The number of anilines is 1. The topological polar surface area (TPSA) is 107 Å². The van der Waals surface area contributed by atoms with E-state index in [1.807, 2.05) is 0 Å². The van der Waals surface area contributed by atoms with Crippen LogP contribution in [0.3, 0.4) is 0 Å². The Labute approximate surface area is 97.0 Å². The molecule has 0 bridgehead atoms. The monoisotopic (exact) mass is 233 g/mol. The first kappa shape index (κ1) is 11.1. The van der Waals surface area contributed by atoms with E-state index >= 15 is 0 Å². The van der Waals surface area contributed by atoms with E-state index in [-0.39, 0.29) is 5.91 Å². The van der Waals surface area contributed by atoms with Gasteiger partial charge in [0.05, 0.1) is 11.9 Å². The summed E-state index contributed by atoms with van der Waals surface area (Å²) in [6.07, 6.45) is 3.24. The van der Waals surface area contributed by atoms with Crippen molar-refractivity contribution in [2.75, 3.05) is 12.3 Å². The molecule has 0 aliphatic rings. The molecule has 2 aromatic rings. The summed E-state index contributed by atoms with van der Waals surface area (Å²) in [5.41, 5.74) is 6.31. The van der Waals surface area contributed by atoms with Crippen molar-refractivity contribution in [2.24, 2.45) is 0 Å². The fraction of sp³-hybridized carbons (Fsp3) is 0.200. The Bertz CT molecular complexity index is 480. The minimum Gasteiger partial charge on any atom is -0.397 e. The molecule has 3 N–H and O–H groups in total. The van der Waals surface area contributed by atoms with Crippen LogP contribution in [0.1, 0.15) is 16.4 Å². The van der Waals surface area contributed by atoms with Gasteiger partial charge in [-0.2, -0.15) is 4.98 Å². The molecular weight excluding hydrogens is 222 g/mol. The second-order valence-corrected chi connectivity index (χ2v) is 3.32. The third kappa shape index (κ3) is 3.00. The first-order valence-corrected chi connectivity index (χ1v) is 5.01. The minimum atomic E-state index is -0.260. The van der Waals surface area contributed by atoms with Gasteiger partial charge in [0, 0.05) is 13.0 Å². The van der Waals surface area contributed by atoms with Crippen molar-refractivity contribution >= 4 is 11.6 Å². The minimum absolute atomic E-state index is 0.260. The maximum Gasteiger partial charge on any atom is 0.269 e. The van der Waals surface area contributed by atoms with Crippen LogP contribution < -0.4 is 11.1 Å². The molecule has 0 saturated heterocycles. The number of rotatable bonds is 4. The average molecular weight is 233 g/mol. The first-order valence-electron chi connectivity index (χ1n) is 5.01. The largest absolute Gasteiger partial charge is 0.397 e. The van der Waals surface area contributed by atoms with Crippen LogP contribution in [0, 0.1) is 0 Å². The molecule has 0 radical (unpaired) electrons. The van der Waals surface area contributed by atoms with Gasteiger partial charge in [0.2, 0.25) is 5.89 Å². The van der Waals surface area contributed by atoms with Gasteiger partial charge in [0.1, 0.15) is 5.69 Å². The lowest BCUT2D eigenvalue weighted by atomic mass is 10.3. The highest BCUT2D eigenvalue weighted by atomic mass is 16.5. The molecule has 0 aromatic carbocycles. The van der Waals surface area contributed by atoms with Crippen molar-refractivity contribution in [3.05, 3.63) is 36.2 Å². The highest BCUT2D eigenvalue weighted by Crippen LogP contribution is 2.00. The van der Waals surface area contributed by atoms with Crippen molar-refractivity contribution in [2.45, 2.75) is 6.42 Å². The molecule has 0 saturated carbocycles. The maximum atomic E-state index is 11.6. The summed E-state index contributed by atoms with van der Waals surface area (Å²) in [5.74, 6) is 0.222. The van der Waals surface area contributed by atoms with Crippen molar-refractivity contribution in [3.63, 3.8) is 0 Å². The quantitative estimate of drug-likeness (QED) is 0.770. The third-order valence-electron chi connectivity index (χ3n) is 2.05. The van der Waals surface area contributed by atoms with Crippen molar-refractivity contribution in [3.8, 4) is 0 Å². The standard InChI is InChI=1S/C10H11N5O2/c11-7-1-2-8(13-5-7)10(16)12-4-3-9-14-6-15-17-9/h1-2,5-6H,3-4,11H2,(H,12,16). The summed E-state index contributed by atoms with van der Waals surface area (Å²) in [7, 11) is 0. The Balaban J connectivity index is 1.83. The fourth-order valence-electron chi connectivity index (χ4n) is 1.22. The SMILES string of the molecule is Nc1ccc(C(=O)NCCc2ncno2)nc1. The van der Waals surface area contributed by atoms with E-state index in [4.69, 9.17) is 10.3 Å². The fourth-order valence-corrected chi connectivity index (χ4v) is 1.22. The third-order valence-corrected chi connectivity index (χ3v) is 2.05. The van der Waals surface area contributed by atoms with E-state index in [1.54, 1.807) is 12.1 Å². The second-order valence-electron chi connectivity index (χ2n) is 3.32. The molecule has 0 spiro atoms. The van der Waals surface area contributed by atoms with Gasteiger partial charge in [-0.3, -0.25) is 4.79 Å². The van der Waals surface area contributed by atoms with E-state index in [2.05, 4.69) is 20.4 Å². The molecule has 2 heterocycles. The first-order chi connectivity index (χ1) is 8.25. The molecular formula is C10H11N5O2. The number of pyridine rings is 1. The summed E-state index contributed by atoms with van der Waals surface area (Å²) < 4.78 is 4.79. The lowest BCUT2D eigenvalue weighted by Gasteiger charge is -2.02. The number of carbonyl (C=O) groups is 1. The molecule has 7 heteroatoms. The van der Waals surface area contributed by atoms with Crippen LogP contribution in [0.5, 0.6) is 0 Å². The second kappa shape index (κ2) is 5.06. The Hall–Kier alpha value is -2.44. The molecule has 0 aliphatic heterocycles. The number of carbonyl (C=O) groups excluding carboxylic acids is 1. The Morgan fingerprint density at radius 1 is 1.41 bits per heavy atom. The zero-order valence-corrected chi connectivity index (χ0v) is 8.96. The summed E-state index contributed by atoms with van der Waals surface area (Å²) >= 11 is 0. The van der Waals surface area contributed by atoms with Crippen molar-refractivity contribution in [1.82, 2.24) is 20.4 Å². The summed E-state index contributed by atoms with van der Waals surface area (Å²) in [6, 6.07) is 3.19. The molecule has 0 atom stereocenters. The Morgan fingerprint density at radius 3 is 2.94 bits per heavy atom. The van der Waals surface area contributed by atoms with Gasteiger partial charge in [-0.1, -0.05) is 5.16 Å². The zero-order chi connectivity index (χ0) is 12.1. The normalized spacial score (nSPS) is 10.1. The van der Waals surface area contributed by atoms with Crippen LogP contribution in [0.25, 0.3) is 0 Å². The molecule has 0 fully saturated rings. The van der Waals surface area contributed by atoms with Gasteiger partial charge in [0.15, 0.2) is 6.33 Å². The molecule has 88 valence electrons. The van der Waals surface area contributed by atoms with Gasteiger partial charge < -0.3 is 15.6 Å². The lowest BCUT2D eigenvalue weighted by molar-refractivity contribution is 0.0948. The molecule has 1 amide bonds. The van der Waals surface area contributed by atoms with Crippen molar-refractivity contribution < 1.29 is 9.32 Å². The van der Waals surface area contributed by atoms with E-state index in [0.29, 0.717) is 30.2 Å². The number of nitrogens with zero attached hydrogens (tertiary/aromatic N) is 3. The number of hydrogen-bond acceptors (Lipinski definition) is 6. The Morgan fingerprint density at radius 2 is 2.29 bits per heavy atom. The summed E-state index contributed by atoms with van der Waals surface area (Å²) in [4.78, 5) is 19.3. The van der Waals surface area contributed by atoms with E-state index in [1.165, 1.54) is 12.5 Å². The van der Waals surface area contributed by atoms with E-state index in [9.17, 15) is 4.79 Å². The van der Waals surface area contributed by atoms with Gasteiger partial charge in [-0.15, -0.1) is 0 Å². The number of amides is 1. The highest BCUT2D eigenvalue weighted by molar-refractivity contribution is 5.92. The molecule has 2 rings (SSSR count). The van der Waals surface area contributed by atoms with Crippen LogP contribution in [-0.4, -0.2) is 27.6 Å². The van der Waals surface area contributed by atoms with Crippen LogP contribution in [-0.2, 0) is 6.42 Å². The van der Waals surface area contributed by atoms with Gasteiger partial charge in [-0.05, 0) is 12.1 Å². The predicted molar refractivity (Wildman–Crippen MR) is 59.0 cm³/mol. The van der Waals surface area contributed by atoms with Crippen LogP contribution >= 0.6 is 0 Å². The van der Waals surface area contributed by atoms with E-state index in [0.717, 1.165) is 0 Å². The summed E-state index contributed by atoms with van der Waals surface area (Å²) in [6.45, 7) is 0.410. The number of hydrogen-bond donors (Lipinski definition) is 2. The number of aromatic nitrogens is 3. The number of nitrogens with two attached hydrogens (primary N) is 1. The molecule has 0 unspecified atom stereocenters. The Kier molecular flexibility index (Phi) is 3.29. The molecule has 2 aromatic heterocycles.